The second-order valence-corrected chi connectivity index (χ2v) is 5.01. The average Bonchev–Trinajstić information content (AvgIpc) is 2.19. The summed E-state index contributed by atoms with van der Waals surface area (Å²) < 4.78 is 5.11. The van der Waals surface area contributed by atoms with Gasteiger partial charge in [-0.25, -0.2) is 4.79 Å². The molecular weight excluding hydrogens is 222 g/mol. The van der Waals surface area contributed by atoms with E-state index in [1.807, 2.05) is 6.92 Å². The van der Waals surface area contributed by atoms with Gasteiger partial charge in [-0.15, -0.1) is 0 Å². The van der Waals surface area contributed by atoms with Crippen molar-refractivity contribution >= 4 is 11.9 Å². The highest BCUT2D eigenvalue weighted by Gasteiger charge is 2.32. The number of rotatable bonds is 7. The van der Waals surface area contributed by atoms with Crippen molar-refractivity contribution in [2.75, 3.05) is 13.2 Å². The van der Waals surface area contributed by atoms with Crippen molar-refractivity contribution in [3.63, 3.8) is 0 Å². The van der Waals surface area contributed by atoms with Crippen LogP contribution in [-0.2, 0) is 14.3 Å². The summed E-state index contributed by atoms with van der Waals surface area (Å²) in [6.45, 7) is 8.39. The summed E-state index contributed by atoms with van der Waals surface area (Å²) in [5, 5.41) is 11.6. The molecule has 2 N–H and O–H groups in total. The van der Waals surface area contributed by atoms with Crippen LogP contribution in [0.15, 0.2) is 0 Å². The molecule has 0 aliphatic heterocycles. The smallest absolute Gasteiger partial charge is 0.326 e. The van der Waals surface area contributed by atoms with Crippen LogP contribution in [0.25, 0.3) is 0 Å². The van der Waals surface area contributed by atoms with E-state index in [1.165, 1.54) is 0 Å². The Labute approximate surface area is 103 Å². The Bertz CT molecular complexity index is 258. The molecule has 1 amide bonds. The number of carboxylic acids is 1. The molecule has 0 unspecified atom stereocenters. The molecule has 0 rings (SSSR count). The zero-order valence-corrected chi connectivity index (χ0v) is 11.1. The fourth-order valence-electron chi connectivity index (χ4n) is 1.36. The molecule has 0 aromatic carbocycles. The number of carbonyl (C=O) groups excluding carboxylic acids is 1. The summed E-state index contributed by atoms with van der Waals surface area (Å²) in [5.74, 6) is -1.25. The Hall–Kier alpha value is -1.10. The van der Waals surface area contributed by atoms with Gasteiger partial charge in [0.1, 0.15) is 6.04 Å². The van der Waals surface area contributed by atoms with Crippen LogP contribution in [0.4, 0.5) is 0 Å². The fraction of sp³-hybridized carbons (Fsp3) is 0.833. The minimum atomic E-state index is -1.00. The first-order chi connectivity index (χ1) is 7.79. The Morgan fingerprint density at radius 3 is 2.35 bits per heavy atom. The molecule has 0 aromatic rings. The summed E-state index contributed by atoms with van der Waals surface area (Å²) in [5.41, 5.74) is -0.499. The number of carboxylic acid groups (broad SMARTS) is 1. The van der Waals surface area contributed by atoms with Gasteiger partial charge >= 0.3 is 5.97 Å². The molecule has 0 spiro atoms. The van der Waals surface area contributed by atoms with Crippen LogP contribution in [0.3, 0.4) is 0 Å². The van der Waals surface area contributed by atoms with Gasteiger partial charge in [0.15, 0.2) is 0 Å². The molecule has 17 heavy (non-hydrogen) atoms. The van der Waals surface area contributed by atoms with E-state index in [4.69, 9.17) is 9.84 Å². The molecule has 100 valence electrons. The van der Waals surface area contributed by atoms with Gasteiger partial charge in [0, 0.05) is 19.6 Å². The average molecular weight is 245 g/mol. The molecule has 5 heteroatoms. The molecule has 0 aliphatic rings. The lowest BCUT2D eigenvalue weighted by Crippen LogP contribution is -2.49. The van der Waals surface area contributed by atoms with Gasteiger partial charge < -0.3 is 15.2 Å². The Kier molecular flexibility index (Phi) is 6.80. The van der Waals surface area contributed by atoms with E-state index >= 15 is 0 Å². The lowest BCUT2D eigenvalue weighted by atomic mass is 9.86. The zero-order chi connectivity index (χ0) is 13.5. The highest BCUT2D eigenvalue weighted by molar-refractivity contribution is 5.84. The van der Waals surface area contributed by atoms with Crippen LogP contribution >= 0.6 is 0 Å². The van der Waals surface area contributed by atoms with E-state index in [1.54, 1.807) is 20.8 Å². The zero-order valence-electron chi connectivity index (χ0n) is 11.1. The number of hydrogen-bond acceptors (Lipinski definition) is 3. The van der Waals surface area contributed by atoms with E-state index < -0.39 is 17.4 Å². The van der Waals surface area contributed by atoms with Crippen molar-refractivity contribution in [1.82, 2.24) is 5.32 Å². The Morgan fingerprint density at radius 1 is 1.35 bits per heavy atom. The number of ether oxygens (including phenoxy) is 1. The topological polar surface area (TPSA) is 75.6 Å². The SMILES string of the molecule is CCOCCCC(=O)N[C@@H](C(=O)O)C(C)(C)C. The quantitative estimate of drug-likeness (QED) is 0.665. The van der Waals surface area contributed by atoms with Crippen molar-refractivity contribution < 1.29 is 19.4 Å². The first-order valence-electron chi connectivity index (χ1n) is 5.89. The third-order valence-corrected chi connectivity index (χ3v) is 2.31. The second kappa shape index (κ2) is 7.27. The van der Waals surface area contributed by atoms with Crippen molar-refractivity contribution in [3.05, 3.63) is 0 Å². The lowest BCUT2D eigenvalue weighted by Gasteiger charge is -2.27. The minimum absolute atomic E-state index is 0.243. The van der Waals surface area contributed by atoms with Crippen LogP contribution in [-0.4, -0.2) is 36.2 Å². The van der Waals surface area contributed by atoms with Gasteiger partial charge in [0.2, 0.25) is 5.91 Å². The molecule has 0 fully saturated rings. The second-order valence-electron chi connectivity index (χ2n) is 5.01. The van der Waals surface area contributed by atoms with Crippen molar-refractivity contribution in [1.29, 1.82) is 0 Å². The molecule has 0 bridgehead atoms. The molecular formula is C12H23NO4. The molecule has 1 atom stereocenters. The Morgan fingerprint density at radius 2 is 1.94 bits per heavy atom. The summed E-state index contributed by atoms with van der Waals surface area (Å²) in [4.78, 5) is 22.6. The summed E-state index contributed by atoms with van der Waals surface area (Å²) >= 11 is 0. The third-order valence-electron chi connectivity index (χ3n) is 2.31. The lowest BCUT2D eigenvalue weighted by molar-refractivity contribution is -0.145. The largest absolute Gasteiger partial charge is 0.480 e. The number of nitrogens with one attached hydrogen (secondary N) is 1. The predicted octanol–water partition coefficient (Wildman–Crippen LogP) is 1.42. The van der Waals surface area contributed by atoms with Gasteiger partial charge in [-0.2, -0.15) is 0 Å². The van der Waals surface area contributed by atoms with E-state index in [2.05, 4.69) is 5.32 Å². The highest BCUT2D eigenvalue weighted by atomic mass is 16.5. The van der Waals surface area contributed by atoms with E-state index in [0.29, 0.717) is 26.1 Å². The number of amides is 1. The number of hydrogen-bond donors (Lipinski definition) is 2. The van der Waals surface area contributed by atoms with Crippen LogP contribution < -0.4 is 5.32 Å². The van der Waals surface area contributed by atoms with Crippen molar-refractivity contribution in [2.24, 2.45) is 5.41 Å². The van der Waals surface area contributed by atoms with Gasteiger partial charge in [-0.05, 0) is 18.8 Å². The third kappa shape index (κ3) is 6.94. The summed E-state index contributed by atoms with van der Waals surface area (Å²) in [7, 11) is 0. The van der Waals surface area contributed by atoms with Gasteiger partial charge in [-0.1, -0.05) is 20.8 Å². The van der Waals surface area contributed by atoms with Gasteiger partial charge in [-0.3, -0.25) is 4.79 Å². The molecule has 0 radical (unpaired) electrons. The van der Waals surface area contributed by atoms with E-state index in [9.17, 15) is 9.59 Å². The maximum absolute atomic E-state index is 11.5. The standard InChI is InChI=1S/C12H23NO4/c1-5-17-8-6-7-9(14)13-10(11(15)16)12(2,3)4/h10H,5-8H2,1-4H3,(H,13,14)(H,15,16)/t10-/m0/s1. The summed E-state index contributed by atoms with van der Waals surface area (Å²) in [6.07, 6.45) is 0.899. The molecule has 0 aromatic heterocycles. The first kappa shape index (κ1) is 15.9. The monoisotopic (exact) mass is 245 g/mol. The van der Waals surface area contributed by atoms with E-state index in [0.717, 1.165) is 0 Å². The highest BCUT2D eigenvalue weighted by Crippen LogP contribution is 2.19. The molecule has 0 saturated heterocycles. The molecule has 0 aliphatic carbocycles. The predicted molar refractivity (Wildman–Crippen MR) is 64.7 cm³/mol. The summed E-state index contributed by atoms with van der Waals surface area (Å²) in [6, 6.07) is -0.859. The number of aliphatic carboxylic acids is 1. The van der Waals surface area contributed by atoms with Crippen molar-refractivity contribution in [3.8, 4) is 0 Å². The number of carbonyl (C=O) groups is 2. The maximum atomic E-state index is 11.5. The van der Waals surface area contributed by atoms with Gasteiger partial charge in [0.05, 0.1) is 0 Å². The van der Waals surface area contributed by atoms with Crippen LogP contribution in [0.2, 0.25) is 0 Å². The fourth-order valence-corrected chi connectivity index (χ4v) is 1.36. The van der Waals surface area contributed by atoms with Crippen LogP contribution in [0.5, 0.6) is 0 Å². The normalized spacial score (nSPS) is 13.2. The molecule has 5 nitrogen and oxygen atoms in total. The Balaban J connectivity index is 4.11. The minimum Gasteiger partial charge on any atom is -0.480 e. The molecule has 0 heterocycles. The van der Waals surface area contributed by atoms with Crippen molar-refractivity contribution in [2.45, 2.75) is 46.6 Å². The molecule has 0 saturated carbocycles. The van der Waals surface area contributed by atoms with E-state index in [-0.39, 0.29) is 5.91 Å². The van der Waals surface area contributed by atoms with Crippen LogP contribution in [0, 0.1) is 5.41 Å². The van der Waals surface area contributed by atoms with Crippen LogP contribution in [0.1, 0.15) is 40.5 Å². The van der Waals surface area contributed by atoms with Gasteiger partial charge in [0.25, 0.3) is 0 Å². The maximum Gasteiger partial charge on any atom is 0.326 e. The first-order valence-corrected chi connectivity index (χ1v) is 5.89.